The van der Waals surface area contributed by atoms with E-state index >= 15 is 0 Å². The van der Waals surface area contributed by atoms with Crippen LogP contribution in [0.2, 0.25) is 0 Å². The third kappa shape index (κ3) is 19.5. The fourth-order valence-corrected chi connectivity index (χ4v) is 5.56. The van der Waals surface area contributed by atoms with Gasteiger partial charge < -0.3 is 0 Å². The lowest BCUT2D eigenvalue weighted by Crippen LogP contribution is -2.63. The van der Waals surface area contributed by atoms with Gasteiger partial charge >= 0.3 is 0 Å². The van der Waals surface area contributed by atoms with Gasteiger partial charge in [-0.15, -0.1) is 0 Å². The van der Waals surface area contributed by atoms with Gasteiger partial charge in [0, 0.05) is 19.6 Å². The first-order valence-electron chi connectivity index (χ1n) is 15.4. The standard InChI is InChI=1S/C27H60N8/c1-3-7-11-15-21-27-22-16-12-8-4-2-6-10-14-20-26-35(25-19-13-9-5-1)34-33-32-31-30-29-28-24-18-17-23-27/h27-34H,1-26H2. The average Bonchev–Trinajstić information content (AvgIpc) is 2.86. The fourth-order valence-electron chi connectivity index (χ4n) is 5.56. The van der Waals surface area contributed by atoms with Gasteiger partial charge in [0.05, 0.1) is 0 Å². The predicted octanol–water partition coefficient (Wildman–Crippen LogP) is 5.44. The van der Waals surface area contributed by atoms with E-state index in [1.54, 1.807) is 0 Å². The van der Waals surface area contributed by atoms with Crippen LogP contribution in [0.4, 0.5) is 0 Å². The van der Waals surface area contributed by atoms with E-state index in [1.807, 2.05) is 0 Å². The molecule has 7 N–H and O–H groups in total. The Labute approximate surface area is 217 Å². The van der Waals surface area contributed by atoms with Crippen molar-refractivity contribution in [3.8, 4) is 0 Å². The lowest BCUT2D eigenvalue weighted by Gasteiger charge is -2.24. The number of hydrogen-bond acceptors (Lipinski definition) is 8. The third-order valence-electron chi connectivity index (χ3n) is 7.80. The maximum Gasteiger partial charge on any atom is 0.0144 e. The quantitative estimate of drug-likeness (QED) is 0.239. The summed E-state index contributed by atoms with van der Waals surface area (Å²) in [6, 6.07) is 0. The highest BCUT2D eigenvalue weighted by Crippen LogP contribution is 2.24. The summed E-state index contributed by atoms with van der Waals surface area (Å²) in [7, 11) is 0. The maximum atomic E-state index is 3.32. The van der Waals surface area contributed by atoms with Gasteiger partial charge in [0.15, 0.2) is 0 Å². The van der Waals surface area contributed by atoms with Crippen molar-refractivity contribution in [1.82, 2.24) is 43.6 Å². The molecule has 0 amide bonds. The number of hydrazine groups is 7. The molecule has 3 heterocycles. The molecule has 3 saturated heterocycles. The molecular formula is C27H60N8. The van der Waals surface area contributed by atoms with Gasteiger partial charge in [-0.05, 0) is 25.2 Å². The van der Waals surface area contributed by atoms with Gasteiger partial charge in [0.1, 0.15) is 0 Å². The number of fused-ring (bicyclic) bond motifs is 30. The van der Waals surface area contributed by atoms with Crippen molar-refractivity contribution in [3.63, 3.8) is 0 Å². The first-order valence-corrected chi connectivity index (χ1v) is 15.4. The monoisotopic (exact) mass is 496 g/mol. The van der Waals surface area contributed by atoms with Crippen molar-refractivity contribution >= 4 is 0 Å². The Morgan fingerprint density at radius 3 is 1.31 bits per heavy atom. The summed E-state index contributed by atoms with van der Waals surface area (Å²) in [5.74, 6) is 0.946. The van der Waals surface area contributed by atoms with Gasteiger partial charge in [-0.3, -0.25) is 0 Å². The van der Waals surface area contributed by atoms with Gasteiger partial charge in [0.2, 0.25) is 0 Å². The number of hydrogen-bond donors (Lipinski definition) is 7. The summed E-state index contributed by atoms with van der Waals surface area (Å²) >= 11 is 0. The number of rotatable bonds is 0. The van der Waals surface area contributed by atoms with Gasteiger partial charge in [-0.2, -0.15) is 33.2 Å². The van der Waals surface area contributed by atoms with Crippen LogP contribution >= 0.6 is 0 Å². The topological polar surface area (TPSA) is 87.5 Å². The smallest absolute Gasteiger partial charge is 0.0144 e. The second-order valence-electron chi connectivity index (χ2n) is 11.0. The van der Waals surface area contributed by atoms with E-state index in [0.29, 0.717) is 0 Å². The van der Waals surface area contributed by atoms with Crippen LogP contribution in [0.25, 0.3) is 0 Å². The molecule has 35 heavy (non-hydrogen) atoms. The van der Waals surface area contributed by atoms with Gasteiger partial charge in [-0.1, -0.05) is 128 Å². The zero-order valence-corrected chi connectivity index (χ0v) is 22.9. The molecule has 3 aliphatic rings. The lowest BCUT2D eigenvalue weighted by atomic mass is 9.90. The van der Waals surface area contributed by atoms with E-state index in [1.165, 1.54) is 148 Å². The number of nitrogens with one attached hydrogen (secondary N) is 7. The zero-order chi connectivity index (χ0) is 24.5. The Hall–Kier alpha value is -0.320. The van der Waals surface area contributed by atoms with E-state index < -0.39 is 0 Å². The average molecular weight is 497 g/mol. The largest absolute Gasteiger partial charge is 0.243 e. The van der Waals surface area contributed by atoms with Crippen LogP contribution in [0.15, 0.2) is 0 Å². The van der Waals surface area contributed by atoms with Crippen LogP contribution in [-0.2, 0) is 0 Å². The molecule has 0 spiro atoms. The minimum absolute atomic E-state index is 0.946. The molecule has 3 aliphatic heterocycles. The molecule has 2 bridgehead atoms. The van der Waals surface area contributed by atoms with Gasteiger partial charge in [0.25, 0.3) is 0 Å². The van der Waals surface area contributed by atoms with E-state index in [2.05, 4.69) is 43.6 Å². The normalized spacial score (nSPS) is 28.8. The van der Waals surface area contributed by atoms with Crippen molar-refractivity contribution < 1.29 is 0 Å². The number of nitrogens with zero attached hydrogens (tertiary/aromatic N) is 1. The SMILES string of the molecule is C1CCCCCC2CCCCCCCCCCCN(CCCCC1)NNNNNNNCCCC2. The van der Waals surface area contributed by atoms with Crippen molar-refractivity contribution in [2.45, 2.75) is 148 Å². The van der Waals surface area contributed by atoms with Crippen molar-refractivity contribution in [3.05, 3.63) is 0 Å². The van der Waals surface area contributed by atoms with E-state index in [9.17, 15) is 0 Å². The van der Waals surface area contributed by atoms with Crippen molar-refractivity contribution in [2.24, 2.45) is 5.92 Å². The third-order valence-corrected chi connectivity index (χ3v) is 7.80. The molecular weight excluding hydrogens is 436 g/mol. The second-order valence-corrected chi connectivity index (χ2v) is 11.0. The first-order chi connectivity index (χ1) is 17.4. The molecule has 0 aliphatic carbocycles. The van der Waals surface area contributed by atoms with Crippen LogP contribution in [0.1, 0.15) is 148 Å². The highest BCUT2D eigenvalue weighted by molar-refractivity contribution is 4.63. The van der Waals surface area contributed by atoms with Crippen molar-refractivity contribution in [1.29, 1.82) is 0 Å². The van der Waals surface area contributed by atoms with Crippen LogP contribution in [0.5, 0.6) is 0 Å². The Morgan fingerprint density at radius 2 is 0.771 bits per heavy atom. The minimum atomic E-state index is 0.946. The first kappa shape index (κ1) is 30.9. The molecule has 0 atom stereocenters. The van der Waals surface area contributed by atoms with E-state index in [-0.39, 0.29) is 0 Å². The highest BCUT2D eigenvalue weighted by Gasteiger charge is 2.09. The molecule has 0 saturated carbocycles. The van der Waals surface area contributed by atoms with Crippen LogP contribution < -0.4 is 38.6 Å². The Morgan fingerprint density at radius 1 is 0.371 bits per heavy atom. The molecule has 0 aromatic rings. The molecule has 3 rings (SSSR count). The van der Waals surface area contributed by atoms with Crippen LogP contribution in [0.3, 0.4) is 0 Å². The fraction of sp³-hybridized carbons (Fsp3) is 1.00. The Balaban J connectivity index is 1.85. The summed E-state index contributed by atoms with van der Waals surface area (Å²) in [4.78, 5) is 0. The Kier molecular flexibility index (Phi) is 21.2. The van der Waals surface area contributed by atoms with Crippen LogP contribution in [-0.4, -0.2) is 24.6 Å². The van der Waals surface area contributed by atoms with Crippen LogP contribution in [0, 0.1) is 5.92 Å². The molecule has 3 fully saturated rings. The minimum Gasteiger partial charge on any atom is -0.243 e. The second kappa shape index (κ2) is 24.0. The van der Waals surface area contributed by atoms with E-state index in [4.69, 9.17) is 0 Å². The Bertz CT molecular complexity index is 342. The molecule has 0 aromatic heterocycles. The summed E-state index contributed by atoms with van der Waals surface area (Å²) in [5, 5.41) is 2.32. The van der Waals surface area contributed by atoms with Gasteiger partial charge in [-0.25, -0.2) is 10.4 Å². The summed E-state index contributed by atoms with van der Waals surface area (Å²) < 4.78 is 0. The summed E-state index contributed by atoms with van der Waals surface area (Å²) in [6.45, 7) is 3.15. The molecule has 8 nitrogen and oxygen atoms in total. The molecule has 0 radical (unpaired) electrons. The lowest BCUT2D eigenvalue weighted by molar-refractivity contribution is 0.113. The molecule has 8 heteroatoms. The zero-order valence-electron chi connectivity index (χ0n) is 22.9. The van der Waals surface area contributed by atoms with E-state index in [0.717, 1.165) is 25.6 Å². The highest BCUT2D eigenvalue weighted by atomic mass is 15.9. The van der Waals surface area contributed by atoms with Crippen molar-refractivity contribution in [2.75, 3.05) is 19.6 Å². The molecule has 0 unspecified atom stereocenters. The summed E-state index contributed by atoms with van der Waals surface area (Å²) in [6.07, 6.45) is 32.0. The summed E-state index contributed by atoms with van der Waals surface area (Å²) in [5.41, 5.74) is 21.4. The molecule has 208 valence electrons. The molecule has 0 aromatic carbocycles. The maximum absolute atomic E-state index is 3.32. The predicted molar refractivity (Wildman–Crippen MR) is 148 cm³/mol.